The van der Waals surface area contributed by atoms with Crippen LogP contribution in [0.25, 0.3) is 0 Å². The molecule has 16 heavy (non-hydrogen) atoms. The lowest BCUT2D eigenvalue weighted by Crippen LogP contribution is -2.51. The zero-order valence-electron chi connectivity index (χ0n) is 8.57. The van der Waals surface area contributed by atoms with Gasteiger partial charge in [0.15, 0.2) is 0 Å². The number of nitrogens with one attached hydrogen (secondary N) is 1. The number of hydrogen-bond donors (Lipinski definition) is 1. The lowest BCUT2D eigenvalue weighted by atomic mass is 10.2. The fourth-order valence-corrected chi connectivity index (χ4v) is 1.99. The minimum absolute atomic E-state index is 0.174. The number of amides is 2. The molecule has 1 aliphatic rings. The Morgan fingerprint density at radius 3 is 2.44 bits per heavy atom. The summed E-state index contributed by atoms with van der Waals surface area (Å²) in [6.45, 7) is 0.799. The van der Waals surface area contributed by atoms with Crippen LogP contribution in [0.5, 0.6) is 0 Å². The van der Waals surface area contributed by atoms with Crippen molar-refractivity contribution in [3.8, 4) is 0 Å². The molecule has 1 aromatic rings. The molecule has 0 aromatic heterocycles. The highest BCUT2D eigenvalue weighted by Crippen LogP contribution is 2.18. The standard InChI is InChI=1S/C11H11BrN2O2/c12-9-4-2-1-3-8(9)7-14-10(15)5-13-6-11(14)16/h1-4,13H,5-7H2. The van der Waals surface area contributed by atoms with E-state index in [1.807, 2.05) is 24.3 Å². The highest BCUT2D eigenvalue weighted by molar-refractivity contribution is 9.10. The first-order valence-electron chi connectivity index (χ1n) is 4.96. The fraction of sp³-hybridized carbons (Fsp3) is 0.273. The van der Waals surface area contributed by atoms with Crippen molar-refractivity contribution >= 4 is 27.7 Å². The minimum atomic E-state index is -0.174. The van der Waals surface area contributed by atoms with E-state index in [-0.39, 0.29) is 24.9 Å². The molecule has 1 heterocycles. The van der Waals surface area contributed by atoms with E-state index < -0.39 is 0 Å². The molecule has 0 saturated carbocycles. The maximum atomic E-state index is 11.5. The van der Waals surface area contributed by atoms with Crippen LogP contribution in [-0.4, -0.2) is 29.8 Å². The zero-order chi connectivity index (χ0) is 11.5. The van der Waals surface area contributed by atoms with E-state index in [0.717, 1.165) is 10.0 Å². The van der Waals surface area contributed by atoms with Crippen molar-refractivity contribution in [3.05, 3.63) is 34.3 Å². The normalized spacial score (nSPS) is 16.7. The van der Waals surface area contributed by atoms with Crippen molar-refractivity contribution in [3.63, 3.8) is 0 Å². The largest absolute Gasteiger partial charge is 0.300 e. The van der Waals surface area contributed by atoms with Crippen molar-refractivity contribution in [2.75, 3.05) is 13.1 Å². The maximum Gasteiger partial charge on any atom is 0.243 e. The molecular weight excluding hydrogens is 272 g/mol. The molecule has 5 heteroatoms. The Morgan fingerprint density at radius 1 is 1.19 bits per heavy atom. The number of rotatable bonds is 2. The topological polar surface area (TPSA) is 49.4 Å². The number of halogens is 1. The molecule has 0 spiro atoms. The van der Waals surface area contributed by atoms with E-state index in [2.05, 4.69) is 21.2 Å². The van der Waals surface area contributed by atoms with Gasteiger partial charge in [-0.15, -0.1) is 0 Å². The van der Waals surface area contributed by atoms with Crippen molar-refractivity contribution in [2.24, 2.45) is 0 Å². The lowest BCUT2D eigenvalue weighted by molar-refractivity contribution is -0.147. The number of carbonyl (C=O) groups is 2. The zero-order valence-corrected chi connectivity index (χ0v) is 10.2. The summed E-state index contributed by atoms with van der Waals surface area (Å²) in [5.41, 5.74) is 0.936. The van der Waals surface area contributed by atoms with E-state index in [0.29, 0.717) is 6.54 Å². The summed E-state index contributed by atoms with van der Waals surface area (Å²) < 4.78 is 0.911. The number of hydrogen-bond acceptors (Lipinski definition) is 3. The highest BCUT2D eigenvalue weighted by Gasteiger charge is 2.25. The number of imide groups is 1. The summed E-state index contributed by atoms with van der Waals surface area (Å²) >= 11 is 3.40. The van der Waals surface area contributed by atoms with E-state index in [9.17, 15) is 9.59 Å². The number of nitrogens with zero attached hydrogens (tertiary/aromatic N) is 1. The number of benzene rings is 1. The molecule has 2 amide bonds. The minimum Gasteiger partial charge on any atom is -0.300 e. The number of carbonyl (C=O) groups excluding carboxylic acids is 2. The summed E-state index contributed by atoms with van der Waals surface area (Å²) in [4.78, 5) is 24.4. The first-order chi connectivity index (χ1) is 7.68. The Labute approximate surface area is 102 Å². The van der Waals surface area contributed by atoms with Crippen LogP contribution in [0.4, 0.5) is 0 Å². The molecule has 1 fully saturated rings. The van der Waals surface area contributed by atoms with Crippen LogP contribution in [-0.2, 0) is 16.1 Å². The van der Waals surface area contributed by atoms with Gasteiger partial charge in [-0.3, -0.25) is 19.8 Å². The Balaban J connectivity index is 2.17. The van der Waals surface area contributed by atoms with Crippen LogP contribution < -0.4 is 5.32 Å². The molecule has 2 rings (SSSR count). The second-order valence-electron chi connectivity index (χ2n) is 3.57. The molecule has 0 atom stereocenters. The van der Waals surface area contributed by atoms with Gasteiger partial charge in [-0.1, -0.05) is 34.1 Å². The molecule has 84 valence electrons. The van der Waals surface area contributed by atoms with E-state index in [1.165, 1.54) is 4.90 Å². The van der Waals surface area contributed by atoms with Gasteiger partial charge in [-0.05, 0) is 11.6 Å². The van der Waals surface area contributed by atoms with Crippen LogP contribution in [0.3, 0.4) is 0 Å². The van der Waals surface area contributed by atoms with E-state index >= 15 is 0 Å². The summed E-state index contributed by atoms with van der Waals surface area (Å²) in [6.07, 6.45) is 0. The van der Waals surface area contributed by atoms with Gasteiger partial charge in [0.1, 0.15) is 0 Å². The third-order valence-electron chi connectivity index (χ3n) is 2.44. The van der Waals surface area contributed by atoms with Gasteiger partial charge in [-0.2, -0.15) is 0 Å². The fourth-order valence-electron chi connectivity index (χ4n) is 1.58. The molecule has 1 saturated heterocycles. The lowest BCUT2D eigenvalue weighted by Gasteiger charge is -2.25. The second-order valence-corrected chi connectivity index (χ2v) is 4.42. The molecule has 0 radical (unpaired) electrons. The number of piperazine rings is 1. The predicted molar refractivity (Wildman–Crippen MR) is 62.6 cm³/mol. The molecule has 1 aromatic carbocycles. The molecular formula is C11H11BrN2O2. The predicted octanol–water partition coefficient (Wildman–Crippen LogP) is 0.907. The monoisotopic (exact) mass is 282 g/mol. The molecule has 4 nitrogen and oxygen atoms in total. The van der Waals surface area contributed by atoms with E-state index in [4.69, 9.17) is 0 Å². The first-order valence-corrected chi connectivity index (χ1v) is 5.75. The van der Waals surface area contributed by atoms with Gasteiger partial charge in [-0.25, -0.2) is 0 Å². The smallest absolute Gasteiger partial charge is 0.243 e. The average Bonchev–Trinajstić information content (AvgIpc) is 2.26. The van der Waals surface area contributed by atoms with Gasteiger partial charge in [0.05, 0.1) is 19.6 Å². The Morgan fingerprint density at radius 2 is 1.81 bits per heavy atom. The van der Waals surface area contributed by atoms with Crippen LogP contribution in [0.15, 0.2) is 28.7 Å². The Bertz CT molecular complexity index is 418. The molecule has 1 N–H and O–H groups in total. The first kappa shape index (κ1) is 11.3. The van der Waals surface area contributed by atoms with E-state index in [1.54, 1.807) is 0 Å². The van der Waals surface area contributed by atoms with Crippen LogP contribution in [0.2, 0.25) is 0 Å². The van der Waals surface area contributed by atoms with Crippen molar-refractivity contribution in [1.82, 2.24) is 10.2 Å². The third-order valence-corrected chi connectivity index (χ3v) is 3.21. The van der Waals surface area contributed by atoms with Gasteiger partial charge < -0.3 is 0 Å². The van der Waals surface area contributed by atoms with Crippen molar-refractivity contribution in [1.29, 1.82) is 0 Å². The Kier molecular flexibility index (Phi) is 3.36. The van der Waals surface area contributed by atoms with Gasteiger partial charge in [0.2, 0.25) is 11.8 Å². The summed E-state index contributed by atoms with van der Waals surface area (Å²) in [5.74, 6) is -0.348. The SMILES string of the molecule is O=C1CNCC(=O)N1Cc1ccccc1Br. The summed E-state index contributed by atoms with van der Waals surface area (Å²) in [5, 5.41) is 2.76. The van der Waals surface area contributed by atoms with Crippen LogP contribution in [0.1, 0.15) is 5.56 Å². The van der Waals surface area contributed by atoms with Gasteiger partial charge >= 0.3 is 0 Å². The van der Waals surface area contributed by atoms with Crippen molar-refractivity contribution < 1.29 is 9.59 Å². The Hall–Kier alpha value is -1.20. The van der Waals surface area contributed by atoms with Gasteiger partial charge in [0, 0.05) is 4.47 Å². The average molecular weight is 283 g/mol. The maximum absolute atomic E-state index is 11.5. The molecule has 1 aliphatic heterocycles. The van der Waals surface area contributed by atoms with Crippen molar-refractivity contribution in [2.45, 2.75) is 6.54 Å². The summed E-state index contributed by atoms with van der Waals surface area (Å²) in [7, 11) is 0. The van der Waals surface area contributed by atoms with Crippen LogP contribution >= 0.6 is 15.9 Å². The second kappa shape index (κ2) is 4.76. The molecule has 0 bridgehead atoms. The third kappa shape index (κ3) is 2.31. The molecule has 0 aliphatic carbocycles. The molecule has 0 unspecified atom stereocenters. The highest BCUT2D eigenvalue weighted by atomic mass is 79.9. The quantitative estimate of drug-likeness (QED) is 0.821. The van der Waals surface area contributed by atoms with Gasteiger partial charge in [0.25, 0.3) is 0 Å². The van der Waals surface area contributed by atoms with Crippen LogP contribution in [0, 0.1) is 0 Å². The summed E-state index contributed by atoms with van der Waals surface area (Å²) in [6, 6.07) is 7.57.